The van der Waals surface area contributed by atoms with Crippen LogP contribution in [0, 0.1) is 5.92 Å². The molecule has 0 saturated carbocycles. The summed E-state index contributed by atoms with van der Waals surface area (Å²) in [5.74, 6) is 1.12. The highest BCUT2D eigenvalue weighted by Gasteiger charge is 2.25. The summed E-state index contributed by atoms with van der Waals surface area (Å²) in [7, 11) is 1.59. The van der Waals surface area contributed by atoms with Gasteiger partial charge < -0.3 is 15.4 Å². The van der Waals surface area contributed by atoms with Crippen LogP contribution in [0.15, 0.2) is 24.3 Å². The molecule has 6 heteroatoms. The molecule has 134 valence electrons. The van der Waals surface area contributed by atoms with Crippen LogP contribution in [0.3, 0.4) is 0 Å². The maximum atomic E-state index is 12.3. The quantitative estimate of drug-likeness (QED) is 0.797. The van der Waals surface area contributed by atoms with Crippen molar-refractivity contribution in [3.8, 4) is 5.75 Å². The zero-order valence-electron chi connectivity index (χ0n) is 14.4. The number of hydrogen-bond donors (Lipinski definition) is 1. The molecule has 1 heterocycles. The van der Waals surface area contributed by atoms with E-state index in [2.05, 4.69) is 0 Å². The van der Waals surface area contributed by atoms with Crippen LogP contribution < -0.4 is 10.5 Å². The molecule has 5 nitrogen and oxygen atoms in total. The van der Waals surface area contributed by atoms with Gasteiger partial charge in [0.05, 0.1) is 7.11 Å². The molecule has 1 aromatic carbocycles. The zero-order valence-corrected chi connectivity index (χ0v) is 15.2. The van der Waals surface area contributed by atoms with Gasteiger partial charge in [-0.05, 0) is 49.9 Å². The van der Waals surface area contributed by atoms with E-state index in [1.807, 2.05) is 11.8 Å². The van der Waals surface area contributed by atoms with E-state index >= 15 is 0 Å². The number of likely N-dealkylation sites (tertiary alicyclic amines) is 1. The van der Waals surface area contributed by atoms with E-state index < -0.39 is 0 Å². The first-order valence-electron chi connectivity index (χ1n) is 8.22. The van der Waals surface area contributed by atoms with Gasteiger partial charge in [-0.2, -0.15) is 0 Å². The first-order valence-corrected chi connectivity index (χ1v) is 8.22. The molecular formula is C18H27ClN2O3. The normalized spacial score (nSPS) is 18.5. The molecule has 2 rings (SSSR count). The van der Waals surface area contributed by atoms with Crippen LogP contribution in [0.4, 0.5) is 0 Å². The third-order valence-corrected chi connectivity index (χ3v) is 4.53. The SMILES string of the molecule is COc1ccc(C(=O)CCC(=O)N2CCCC(C(C)N)C2)cc1.Cl. The monoisotopic (exact) mass is 354 g/mol. The Morgan fingerprint density at radius 3 is 2.54 bits per heavy atom. The lowest BCUT2D eigenvalue weighted by Crippen LogP contribution is -2.45. The van der Waals surface area contributed by atoms with E-state index in [1.165, 1.54) is 0 Å². The van der Waals surface area contributed by atoms with Crippen LogP contribution in [0.25, 0.3) is 0 Å². The van der Waals surface area contributed by atoms with Gasteiger partial charge in [-0.3, -0.25) is 9.59 Å². The fourth-order valence-corrected chi connectivity index (χ4v) is 2.97. The minimum absolute atomic E-state index is 0. The second-order valence-electron chi connectivity index (χ2n) is 6.25. The average molecular weight is 355 g/mol. The number of methoxy groups -OCH3 is 1. The zero-order chi connectivity index (χ0) is 16.8. The second-order valence-corrected chi connectivity index (χ2v) is 6.25. The standard InChI is InChI=1S/C18H26N2O3.ClH/c1-13(19)15-4-3-11-20(12-15)18(22)10-9-17(21)14-5-7-16(23-2)8-6-14;/h5-8,13,15H,3-4,9-12,19H2,1-2H3;1H. The number of nitrogens with two attached hydrogens (primary N) is 1. The number of piperidine rings is 1. The van der Waals surface area contributed by atoms with Crippen LogP contribution in [0.1, 0.15) is 43.0 Å². The van der Waals surface area contributed by atoms with Gasteiger partial charge in [0.2, 0.25) is 5.91 Å². The third kappa shape index (κ3) is 5.49. The van der Waals surface area contributed by atoms with E-state index in [0.717, 1.165) is 19.4 Å². The Morgan fingerprint density at radius 2 is 1.96 bits per heavy atom. The summed E-state index contributed by atoms with van der Waals surface area (Å²) in [5, 5.41) is 0. The molecule has 2 atom stereocenters. The summed E-state index contributed by atoms with van der Waals surface area (Å²) in [6, 6.07) is 7.09. The Hall–Kier alpha value is -1.59. The molecule has 1 amide bonds. The lowest BCUT2D eigenvalue weighted by atomic mass is 9.92. The maximum Gasteiger partial charge on any atom is 0.223 e. The second kappa shape index (κ2) is 9.64. The van der Waals surface area contributed by atoms with Gasteiger partial charge in [0.25, 0.3) is 0 Å². The number of carbonyl (C=O) groups is 2. The van der Waals surface area contributed by atoms with Gasteiger partial charge in [0, 0.05) is 37.5 Å². The van der Waals surface area contributed by atoms with Crippen LogP contribution in [-0.2, 0) is 4.79 Å². The van der Waals surface area contributed by atoms with Gasteiger partial charge in [-0.1, -0.05) is 0 Å². The molecule has 1 saturated heterocycles. The van der Waals surface area contributed by atoms with Crippen molar-refractivity contribution < 1.29 is 14.3 Å². The number of amides is 1. The summed E-state index contributed by atoms with van der Waals surface area (Å²) in [6.07, 6.45) is 2.57. The molecule has 1 aliphatic heterocycles. The Morgan fingerprint density at radius 1 is 1.29 bits per heavy atom. The molecule has 1 aliphatic rings. The van der Waals surface area contributed by atoms with Crippen molar-refractivity contribution in [2.45, 2.75) is 38.6 Å². The Kier molecular flexibility index (Phi) is 8.22. The largest absolute Gasteiger partial charge is 0.497 e. The number of Topliss-reactive ketones (excluding diaryl/α,β-unsaturated/α-hetero) is 1. The van der Waals surface area contributed by atoms with Crippen LogP contribution in [0.5, 0.6) is 5.75 Å². The number of rotatable bonds is 6. The average Bonchev–Trinajstić information content (AvgIpc) is 2.59. The van der Waals surface area contributed by atoms with Crippen molar-refractivity contribution >= 4 is 24.1 Å². The fraction of sp³-hybridized carbons (Fsp3) is 0.556. The molecule has 0 aliphatic carbocycles. The van der Waals surface area contributed by atoms with E-state index in [0.29, 0.717) is 23.8 Å². The smallest absolute Gasteiger partial charge is 0.223 e. The molecular weight excluding hydrogens is 328 g/mol. The molecule has 0 bridgehead atoms. The number of ketones is 1. The lowest BCUT2D eigenvalue weighted by Gasteiger charge is -2.34. The number of hydrogen-bond acceptors (Lipinski definition) is 4. The van der Waals surface area contributed by atoms with Crippen molar-refractivity contribution in [3.63, 3.8) is 0 Å². The number of benzene rings is 1. The highest BCUT2D eigenvalue weighted by atomic mass is 35.5. The molecule has 2 N–H and O–H groups in total. The minimum atomic E-state index is -0.0123. The lowest BCUT2D eigenvalue weighted by molar-refractivity contribution is -0.133. The maximum absolute atomic E-state index is 12.3. The molecule has 2 unspecified atom stereocenters. The number of halogens is 1. The summed E-state index contributed by atoms with van der Waals surface area (Å²) in [4.78, 5) is 26.3. The van der Waals surface area contributed by atoms with Gasteiger partial charge in [0.1, 0.15) is 5.75 Å². The van der Waals surface area contributed by atoms with Crippen molar-refractivity contribution in [2.75, 3.05) is 20.2 Å². The molecule has 0 aromatic heterocycles. The first-order chi connectivity index (χ1) is 11.0. The van der Waals surface area contributed by atoms with E-state index in [4.69, 9.17) is 10.5 Å². The van der Waals surface area contributed by atoms with Gasteiger partial charge in [0.15, 0.2) is 5.78 Å². The van der Waals surface area contributed by atoms with Gasteiger partial charge in [-0.25, -0.2) is 0 Å². The Labute approximate surface area is 149 Å². The predicted octanol–water partition coefficient (Wildman–Crippen LogP) is 2.67. The van der Waals surface area contributed by atoms with Crippen molar-refractivity contribution in [2.24, 2.45) is 11.7 Å². The number of nitrogens with zero attached hydrogens (tertiary/aromatic N) is 1. The van der Waals surface area contributed by atoms with E-state index in [-0.39, 0.29) is 43.0 Å². The number of carbonyl (C=O) groups excluding carboxylic acids is 2. The van der Waals surface area contributed by atoms with Crippen LogP contribution in [0.2, 0.25) is 0 Å². The highest BCUT2D eigenvalue weighted by Crippen LogP contribution is 2.20. The van der Waals surface area contributed by atoms with Gasteiger partial charge in [-0.15, -0.1) is 12.4 Å². The minimum Gasteiger partial charge on any atom is -0.497 e. The van der Waals surface area contributed by atoms with Crippen molar-refractivity contribution in [1.29, 1.82) is 0 Å². The molecule has 24 heavy (non-hydrogen) atoms. The molecule has 1 aromatic rings. The highest BCUT2D eigenvalue weighted by molar-refractivity contribution is 5.98. The fourth-order valence-electron chi connectivity index (χ4n) is 2.97. The molecule has 0 radical (unpaired) electrons. The summed E-state index contributed by atoms with van der Waals surface area (Å²) >= 11 is 0. The van der Waals surface area contributed by atoms with Crippen molar-refractivity contribution in [1.82, 2.24) is 4.90 Å². The number of ether oxygens (including phenoxy) is 1. The van der Waals surface area contributed by atoms with Crippen LogP contribution in [-0.4, -0.2) is 42.8 Å². The molecule has 0 spiro atoms. The summed E-state index contributed by atoms with van der Waals surface area (Å²) < 4.78 is 5.07. The van der Waals surface area contributed by atoms with E-state index in [1.54, 1.807) is 31.4 Å². The van der Waals surface area contributed by atoms with Gasteiger partial charge >= 0.3 is 0 Å². The first kappa shape index (κ1) is 20.5. The Balaban J connectivity index is 0.00000288. The summed E-state index contributed by atoms with van der Waals surface area (Å²) in [6.45, 7) is 3.48. The third-order valence-electron chi connectivity index (χ3n) is 4.53. The molecule has 1 fully saturated rings. The summed E-state index contributed by atoms with van der Waals surface area (Å²) in [5.41, 5.74) is 6.57. The van der Waals surface area contributed by atoms with Crippen LogP contribution >= 0.6 is 12.4 Å². The topological polar surface area (TPSA) is 72.6 Å². The van der Waals surface area contributed by atoms with E-state index in [9.17, 15) is 9.59 Å². The Bertz CT molecular complexity index is 546. The van der Waals surface area contributed by atoms with Crippen molar-refractivity contribution in [3.05, 3.63) is 29.8 Å². The predicted molar refractivity (Wildman–Crippen MR) is 96.8 cm³/mol.